The highest BCUT2D eigenvalue weighted by Gasteiger charge is 2.21. The van der Waals surface area contributed by atoms with Crippen molar-refractivity contribution in [2.24, 2.45) is 11.8 Å². The van der Waals surface area contributed by atoms with Crippen LogP contribution < -0.4 is 5.32 Å². The molecule has 1 aliphatic carbocycles. The van der Waals surface area contributed by atoms with Crippen LogP contribution in [0.1, 0.15) is 65.2 Å². The summed E-state index contributed by atoms with van der Waals surface area (Å²) < 4.78 is 0. The fourth-order valence-electron chi connectivity index (χ4n) is 2.61. The lowest BCUT2D eigenvalue weighted by Gasteiger charge is -2.27. The Kier molecular flexibility index (Phi) is 6.78. The van der Waals surface area contributed by atoms with E-state index >= 15 is 0 Å². The molecule has 0 aromatic heterocycles. The number of nitriles is 1. The van der Waals surface area contributed by atoms with E-state index in [-0.39, 0.29) is 5.91 Å². The number of amides is 1. The molecule has 0 aliphatic heterocycles. The molecule has 1 amide bonds. The summed E-state index contributed by atoms with van der Waals surface area (Å²) in [5.74, 6) is 1.45. The number of carbonyl (C=O) groups excluding carboxylic acids is 1. The molecule has 102 valence electrons. The van der Waals surface area contributed by atoms with Crippen molar-refractivity contribution in [1.82, 2.24) is 5.32 Å². The summed E-state index contributed by atoms with van der Waals surface area (Å²) in [6, 6.07) is 2.60. The quantitative estimate of drug-likeness (QED) is 0.785. The van der Waals surface area contributed by atoms with Gasteiger partial charge in [0.1, 0.15) is 0 Å². The van der Waals surface area contributed by atoms with Gasteiger partial charge < -0.3 is 5.32 Å². The second kappa shape index (κ2) is 8.13. The summed E-state index contributed by atoms with van der Waals surface area (Å²) in [6.07, 6.45) is 7.72. The average molecular weight is 250 g/mol. The molecule has 0 saturated heterocycles. The molecule has 0 bridgehead atoms. The molecule has 1 fully saturated rings. The number of nitrogens with zero attached hydrogens (tertiary/aromatic N) is 1. The van der Waals surface area contributed by atoms with Gasteiger partial charge in [0.15, 0.2) is 0 Å². The van der Waals surface area contributed by atoms with Gasteiger partial charge in [0.25, 0.3) is 0 Å². The molecular weight excluding hydrogens is 224 g/mol. The van der Waals surface area contributed by atoms with Gasteiger partial charge in [0.2, 0.25) is 5.91 Å². The molecule has 0 heterocycles. The van der Waals surface area contributed by atoms with Gasteiger partial charge in [-0.2, -0.15) is 5.26 Å². The number of nitrogens with one attached hydrogen (secondary N) is 1. The van der Waals surface area contributed by atoms with Gasteiger partial charge in [-0.15, -0.1) is 0 Å². The predicted molar refractivity (Wildman–Crippen MR) is 72.8 cm³/mol. The molecule has 3 heteroatoms. The van der Waals surface area contributed by atoms with Gasteiger partial charge in [0, 0.05) is 18.9 Å². The Morgan fingerprint density at radius 1 is 1.33 bits per heavy atom. The fourth-order valence-corrected chi connectivity index (χ4v) is 2.61. The Hall–Kier alpha value is -1.04. The topological polar surface area (TPSA) is 52.9 Å². The number of hydrogen-bond donors (Lipinski definition) is 1. The summed E-state index contributed by atoms with van der Waals surface area (Å²) in [7, 11) is 0. The van der Waals surface area contributed by atoms with E-state index in [1.165, 1.54) is 0 Å². The lowest BCUT2D eigenvalue weighted by Crippen LogP contribution is -2.37. The zero-order valence-corrected chi connectivity index (χ0v) is 11.7. The van der Waals surface area contributed by atoms with Crippen LogP contribution >= 0.6 is 0 Å². The largest absolute Gasteiger partial charge is 0.353 e. The van der Waals surface area contributed by atoms with Crippen molar-refractivity contribution < 1.29 is 4.79 Å². The lowest BCUT2D eigenvalue weighted by atomic mass is 9.84. The van der Waals surface area contributed by atoms with Crippen molar-refractivity contribution in [3.63, 3.8) is 0 Å². The van der Waals surface area contributed by atoms with E-state index < -0.39 is 0 Å². The van der Waals surface area contributed by atoms with Gasteiger partial charge in [-0.3, -0.25) is 4.79 Å². The lowest BCUT2D eigenvalue weighted by molar-refractivity contribution is -0.122. The molecular formula is C15H26N2O. The molecule has 1 aliphatic rings. The molecule has 3 nitrogen and oxygen atoms in total. The molecule has 1 saturated carbocycles. The van der Waals surface area contributed by atoms with Crippen LogP contribution in [0.15, 0.2) is 0 Å². The maximum absolute atomic E-state index is 11.7. The van der Waals surface area contributed by atoms with Crippen LogP contribution in [0.2, 0.25) is 0 Å². The molecule has 1 N–H and O–H groups in total. The van der Waals surface area contributed by atoms with Crippen LogP contribution in [-0.2, 0) is 4.79 Å². The maximum Gasteiger partial charge on any atom is 0.220 e. The van der Waals surface area contributed by atoms with Gasteiger partial charge >= 0.3 is 0 Å². The van der Waals surface area contributed by atoms with E-state index in [0.29, 0.717) is 30.7 Å². The molecule has 0 spiro atoms. The van der Waals surface area contributed by atoms with E-state index in [2.05, 4.69) is 25.2 Å². The Morgan fingerprint density at radius 3 is 2.56 bits per heavy atom. The Labute approximate surface area is 111 Å². The number of carbonyl (C=O) groups is 1. The molecule has 1 rings (SSSR count). The van der Waals surface area contributed by atoms with Gasteiger partial charge in [0.05, 0.1) is 6.07 Å². The Balaban J connectivity index is 2.13. The third kappa shape index (κ3) is 6.05. The highest BCUT2D eigenvalue weighted by Crippen LogP contribution is 2.26. The number of hydrogen-bond acceptors (Lipinski definition) is 2. The van der Waals surface area contributed by atoms with E-state index in [9.17, 15) is 4.79 Å². The van der Waals surface area contributed by atoms with Crippen molar-refractivity contribution in [2.45, 2.75) is 71.3 Å². The second-order valence-electron chi connectivity index (χ2n) is 5.93. The van der Waals surface area contributed by atoms with Crippen molar-refractivity contribution in [3.05, 3.63) is 0 Å². The van der Waals surface area contributed by atoms with E-state index in [4.69, 9.17) is 5.26 Å². The van der Waals surface area contributed by atoms with Crippen molar-refractivity contribution >= 4 is 5.91 Å². The van der Waals surface area contributed by atoms with Crippen LogP contribution in [0.3, 0.4) is 0 Å². The van der Waals surface area contributed by atoms with Crippen molar-refractivity contribution in [2.75, 3.05) is 0 Å². The van der Waals surface area contributed by atoms with Crippen LogP contribution in [-0.4, -0.2) is 11.9 Å². The van der Waals surface area contributed by atoms with E-state index in [1.807, 2.05) is 0 Å². The third-order valence-electron chi connectivity index (χ3n) is 3.78. The first-order valence-corrected chi connectivity index (χ1v) is 7.28. The normalized spacial score (nSPS) is 23.7. The summed E-state index contributed by atoms with van der Waals surface area (Å²) in [4.78, 5) is 11.7. The van der Waals surface area contributed by atoms with E-state index in [1.54, 1.807) is 0 Å². The zero-order chi connectivity index (χ0) is 13.4. The first-order chi connectivity index (χ1) is 8.61. The molecule has 0 radical (unpaired) electrons. The minimum Gasteiger partial charge on any atom is -0.353 e. The van der Waals surface area contributed by atoms with Gasteiger partial charge in [-0.05, 0) is 43.9 Å². The third-order valence-corrected chi connectivity index (χ3v) is 3.78. The van der Waals surface area contributed by atoms with Crippen molar-refractivity contribution in [3.8, 4) is 6.07 Å². The average Bonchev–Trinajstić information content (AvgIpc) is 2.31. The summed E-state index contributed by atoms with van der Waals surface area (Å²) in [6.45, 7) is 4.38. The summed E-state index contributed by atoms with van der Waals surface area (Å²) in [5, 5.41) is 11.8. The van der Waals surface area contributed by atoms with Crippen molar-refractivity contribution in [1.29, 1.82) is 5.26 Å². The Bertz CT molecular complexity index is 285. The Morgan fingerprint density at radius 2 is 2.00 bits per heavy atom. The highest BCUT2D eigenvalue weighted by atomic mass is 16.1. The fraction of sp³-hybridized carbons (Fsp3) is 0.867. The molecule has 0 unspecified atom stereocenters. The van der Waals surface area contributed by atoms with Gasteiger partial charge in [-0.1, -0.05) is 20.3 Å². The van der Waals surface area contributed by atoms with Crippen LogP contribution in [0.4, 0.5) is 0 Å². The first-order valence-electron chi connectivity index (χ1n) is 7.28. The molecule has 18 heavy (non-hydrogen) atoms. The van der Waals surface area contributed by atoms with Crippen LogP contribution in [0, 0.1) is 23.2 Å². The smallest absolute Gasteiger partial charge is 0.220 e. The molecule has 0 aromatic carbocycles. The number of rotatable bonds is 6. The molecule has 0 aromatic rings. The van der Waals surface area contributed by atoms with Crippen LogP contribution in [0.25, 0.3) is 0 Å². The predicted octanol–water partition coefficient (Wildman–Crippen LogP) is 3.40. The minimum absolute atomic E-state index is 0.208. The first kappa shape index (κ1) is 15.0. The summed E-state index contributed by atoms with van der Waals surface area (Å²) in [5.41, 5.74) is 0. The maximum atomic E-state index is 11.7. The second-order valence-corrected chi connectivity index (χ2v) is 5.93. The standard InChI is InChI=1S/C15H26N2O/c1-12(2)4-3-5-15(18)17-14-8-6-13(7-9-14)10-11-16/h12-14H,3-10H2,1-2H3,(H,17,18). The molecule has 0 atom stereocenters. The zero-order valence-electron chi connectivity index (χ0n) is 11.7. The van der Waals surface area contributed by atoms with E-state index in [0.717, 1.165) is 38.5 Å². The highest BCUT2D eigenvalue weighted by molar-refractivity contribution is 5.76. The monoisotopic (exact) mass is 250 g/mol. The summed E-state index contributed by atoms with van der Waals surface area (Å²) >= 11 is 0. The minimum atomic E-state index is 0.208. The van der Waals surface area contributed by atoms with Gasteiger partial charge in [-0.25, -0.2) is 0 Å². The SMILES string of the molecule is CC(C)CCCC(=O)NC1CCC(CC#N)CC1. The van der Waals surface area contributed by atoms with Crippen LogP contribution in [0.5, 0.6) is 0 Å².